The SMILES string of the molecule is CC(C)Nc1ccc2ccc(OC[C@H]3O[C@@H](c4cc(-c5ccn(C)n5)c5c(N)ncnn45)[C@H](O)[C@@H]3O)cc2n1. The molecule has 1 fully saturated rings. The van der Waals surface area contributed by atoms with Crippen LogP contribution in [0, 0.1) is 0 Å². The zero-order valence-corrected chi connectivity index (χ0v) is 21.8. The number of aliphatic hydroxyl groups excluding tert-OH is 2. The van der Waals surface area contributed by atoms with Crippen LogP contribution in [0.5, 0.6) is 5.75 Å². The maximum atomic E-state index is 11.0. The Labute approximate surface area is 224 Å². The van der Waals surface area contributed by atoms with Crippen LogP contribution in [0.3, 0.4) is 0 Å². The summed E-state index contributed by atoms with van der Waals surface area (Å²) in [5.74, 6) is 1.63. The summed E-state index contributed by atoms with van der Waals surface area (Å²) in [5, 5.41) is 34.9. The summed E-state index contributed by atoms with van der Waals surface area (Å²) in [6, 6.07) is 13.5. The second-order valence-electron chi connectivity index (χ2n) is 10.0. The minimum atomic E-state index is -1.22. The lowest BCUT2D eigenvalue weighted by Crippen LogP contribution is -2.34. The van der Waals surface area contributed by atoms with Gasteiger partial charge in [0.05, 0.1) is 16.9 Å². The predicted octanol–water partition coefficient (Wildman–Crippen LogP) is 2.32. The van der Waals surface area contributed by atoms with E-state index in [4.69, 9.17) is 15.2 Å². The van der Waals surface area contributed by atoms with Crippen LogP contribution in [0.15, 0.2) is 55.0 Å². The van der Waals surface area contributed by atoms with Gasteiger partial charge in [-0.1, -0.05) is 0 Å². The molecule has 0 radical (unpaired) electrons. The molecule has 4 atom stereocenters. The summed E-state index contributed by atoms with van der Waals surface area (Å²) in [6.07, 6.45) is -0.907. The Bertz CT molecular complexity index is 1650. The molecule has 1 saturated heterocycles. The van der Waals surface area contributed by atoms with Gasteiger partial charge in [0.1, 0.15) is 54.4 Å². The smallest absolute Gasteiger partial charge is 0.152 e. The Morgan fingerprint density at radius 3 is 2.72 bits per heavy atom. The van der Waals surface area contributed by atoms with Gasteiger partial charge in [0.15, 0.2) is 5.82 Å². The molecule has 0 aliphatic carbocycles. The van der Waals surface area contributed by atoms with Crippen molar-refractivity contribution in [1.29, 1.82) is 0 Å². The summed E-state index contributed by atoms with van der Waals surface area (Å²) < 4.78 is 15.4. The van der Waals surface area contributed by atoms with E-state index in [0.29, 0.717) is 28.2 Å². The van der Waals surface area contributed by atoms with E-state index in [1.165, 1.54) is 6.33 Å². The maximum absolute atomic E-state index is 11.0. The van der Waals surface area contributed by atoms with Crippen molar-refractivity contribution in [1.82, 2.24) is 29.4 Å². The van der Waals surface area contributed by atoms with Gasteiger partial charge in [-0.05, 0) is 50.2 Å². The lowest BCUT2D eigenvalue weighted by atomic mass is 10.1. The molecule has 12 nitrogen and oxygen atoms in total. The number of hydrogen-bond acceptors (Lipinski definition) is 10. The average Bonchev–Trinajstić information content (AvgIpc) is 3.59. The molecule has 0 bridgehead atoms. The zero-order valence-electron chi connectivity index (χ0n) is 21.8. The minimum Gasteiger partial charge on any atom is -0.491 e. The molecule has 0 amide bonds. The molecule has 12 heteroatoms. The van der Waals surface area contributed by atoms with Crippen molar-refractivity contribution in [2.24, 2.45) is 7.05 Å². The number of fused-ring (bicyclic) bond motifs is 2. The van der Waals surface area contributed by atoms with Gasteiger partial charge in [0.2, 0.25) is 0 Å². The number of anilines is 2. The molecule has 1 aliphatic rings. The van der Waals surface area contributed by atoms with Gasteiger partial charge in [-0.15, -0.1) is 0 Å². The van der Waals surface area contributed by atoms with E-state index in [1.807, 2.05) is 55.7 Å². The van der Waals surface area contributed by atoms with E-state index in [0.717, 1.165) is 16.7 Å². The summed E-state index contributed by atoms with van der Waals surface area (Å²) in [6.45, 7) is 4.13. The molecule has 5 heterocycles. The van der Waals surface area contributed by atoms with E-state index in [1.54, 1.807) is 9.20 Å². The van der Waals surface area contributed by atoms with Gasteiger partial charge in [-0.25, -0.2) is 14.5 Å². The number of nitrogens with one attached hydrogen (secondary N) is 1. The first-order valence-electron chi connectivity index (χ1n) is 12.7. The van der Waals surface area contributed by atoms with Gasteiger partial charge >= 0.3 is 0 Å². The van der Waals surface area contributed by atoms with Crippen LogP contribution in [-0.2, 0) is 11.8 Å². The summed E-state index contributed by atoms with van der Waals surface area (Å²) >= 11 is 0. The van der Waals surface area contributed by atoms with Crippen LogP contribution in [0.25, 0.3) is 27.7 Å². The lowest BCUT2D eigenvalue weighted by molar-refractivity contribution is -0.0187. The molecule has 1 aromatic carbocycles. The van der Waals surface area contributed by atoms with E-state index in [-0.39, 0.29) is 18.5 Å². The molecule has 6 rings (SSSR count). The highest BCUT2D eigenvalue weighted by atomic mass is 16.6. The van der Waals surface area contributed by atoms with Crippen LogP contribution >= 0.6 is 0 Å². The molecule has 202 valence electrons. The van der Waals surface area contributed by atoms with Gasteiger partial charge in [0.25, 0.3) is 0 Å². The van der Waals surface area contributed by atoms with Crippen molar-refractivity contribution in [3.05, 3.63) is 60.7 Å². The van der Waals surface area contributed by atoms with E-state index in [2.05, 4.69) is 39.3 Å². The second kappa shape index (κ2) is 9.80. The molecule has 5 aromatic rings. The molecule has 1 aliphatic heterocycles. The number of nitrogen functional groups attached to an aromatic ring is 1. The van der Waals surface area contributed by atoms with E-state index < -0.39 is 24.4 Å². The zero-order chi connectivity index (χ0) is 27.3. The number of aryl methyl sites for hydroxylation is 1. The number of aliphatic hydroxyl groups is 2. The molecule has 4 aromatic heterocycles. The van der Waals surface area contributed by atoms with Crippen molar-refractivity contribution >= 4 is 28.1 Å². The van der Waals surface area contributed by atoms with E-state index in [9.17, 15) is 10.2 Å². The number of nitrogens with zero attached hydrogens (tertiary/aromatic N) is 6. The topological polar surface area (TPSA) is 158 Å². The van der Waals surface area contributed by atoms with Gasteiger partial charge in [-0.2, -0.15) is 10.2 Å². The monoisotopic (exact) mass is 530 g/mol. The van der Waals surface area contributed by atoms with Crippen molar-refractivity contribution in [3.8, 4) is 17.0 Å². The van der Waals surface area contributed by atoms with Crippen molar-refractivity contribution in [2.75, 3.05) is 17.7 Å². The third-order valence-electron chi connectivity index (χ3n) is 6.77. The van der Waals surface area contributed by atoms with E-state index >= 15 is 0 Å². The largest absolute Gasteiger partial charge is 0.491 e. The maximum Gasteiger partial charge on any atom is 0.152 e. The first-order chi connectivity index (χ1) is 18.8. The van der Waals surface area contributed by atoms with Crippen molar-refractivity contribution < 1.29 is 19.7 Å². The van der Waals surface area contributed by atoms with Crippen LogP contribution in [-0.4, -0.2) is 70.5 Å². The molecular weight excluding hydrogens is 500 g/mol. The number of benzene rings is 1. The molecule has 0 saturated carbocycles. The summed E-state index contributed by atoms with van der Waals surface area (Å²) in [7, 11) is 1.82. The van der Waals surface area contributed by atoms with Crippen LogP contribution in [0.4, 0.5) is 11.6 Å². The molecule has 39 heavy (non-hydrogen) atoms. The number of ether oxygens (including phenoxy) is 2. The standard InChI is InChI=1S/C27H30N8O4/c1-14(2)31-22-7-5-15-4-6-16(10-19(15)32-22)38-12-21-24(36)25(37)26(39-21)20-11-17(18-8-9-34(3)33-18)23-27(28)29-13-30-35(20)23/h4-11,13-14,21,24-26,36-37H,12H2,1-3H3,(H,31,32)(H2,28,29,30)/t21-,24-,25-,26+/m1/s1. The lowest BCUT2D eigenvalue weighted by Gasteiger charge is -2.16. The highest BCUT2D eigenvalue weighted by Crippen LogP contribution is 2.39. The Kier molecular flexibility index (Phi) is 6.29. The van der Waals surface area contributed by atoms with Crippen LogP contribution in [0.1, 0.15) is 25.6 Å². The fourth-order valence-corrected chi connectivity index (χ4v) is 4.92. The fourth-order valence-electron chi connectivity index (χ4n) is 4.92. The Morgan fingerprint density at radius 2 is 1.95 bits per heavy atom. The number of nitrogens with two attached hydrogens (primary N) is 1. The Morgan fingerprint density at radius 1 is 1.13 bits per heavy atom. The minimum absolute atomic E-state index is 0.0255. The first kappa shape index (κ1) is 25.0. The van der Waals surface area contributed by atoms with Crippen molar-refractivity contribution in [3.63, 3.8) is 0 Å². The highest BCUT2D eigenvalue weighted by molar-refractivity contribution is 5.87. The molecule has 0 spiro atoms. The van der Waals surface area contributed by atoms with Crippen molar-refractivity contribution in [2.45, 2.75) is 44.3 Å². The third kappa shape index (κ3) is 4.62. The molecule has 5 N–H and O–H groups in total. The fraction of sp³-hybridized carbons (Fsp3) is 0.333. The normalized spacial score (nSPS) is 21.3. The quantitative estimate of drug-likeness (QED) is 0.246. The molecular formula is C27H30N8O4. The molecule has 0 unspecified atom stereocenters. The Balaban J connectivity index is 1.24. The number of rotatable bonds is 7. The van der Waals surface area contributed by atoms with Crippen LogP contribution in [0.2, 0.25) is 0 Å². The number of pyridine rings is 1. The third-order valence-corrected chi connectivity index (χ3v) is 6.77. The van der Waals surface area contributed by atoms with Gasteiger partial charge in [-0.3, -0.25) is 4.68 Å². The summed E-state index contributed by atoms with van der Waals surface area (Å²) in [4.78, 5) is 8.78. The number of hydrogen-bond donors (Lipinski definition) is 4. The average molecular weight is 531 g/mol. The number of aromatic nitrogens is 6. The van der Waals surface area contributed by atoms with Gasteiger partial charge < -0.3 is 30.7 Å². The van der Waals surface area contributed by atoms with Crippen LogP contribution < -0.4 is 15.8 Å². The highest BCUT2D eigenvalue weighted by Gasteiger charge is 2.45. The Hall–Kier alpha value is -4.26. The summed E-state index contributed by atoms with van der Waals surface area (Å²) in [5.41, 5.74) is 9.42. The first-order valence-corrected chi connectivity index (χ1v) is 12.7. The van der Waals surface area contributed by atoms with Gasteiger partial charge in [0, 0.05) is 36.3 Å². The predicted molar refractivity (Wildman–Crippen MR) is 145 cm³/mol. The second-order valence-corrected chi connectivity index (χ2v) is 10.0.